The lowest BCUT2D eigenvalue weighted by Gasteiger charge is -2.20. The normalized spacial score (nSPS) is 17.2. The average molecular weight is 291 g/mol. The van der Waals surface area contributed by atoms with Gasteiger partial charge >= 0.3 is 0 Å². The molecule has 1 unspecified atom stereocenters. The van der Waals surface area contributed by atoms with Gasteiger partial charge in [0.05, 0.1) is 0 Å². The van der Waals surface area contributed by atoms with Crippen LogP contribution in [0.4, 0.5) is 5.69 Å². The molecule has 112 valence electrons. The van der Waals surface area contributed by atoms with Crippen LogP contribution in [0.15, 0.2) is 60.7 Å². The third-order valence-electron chi connectivity index (χ3n) is 4.25. The summed E-state index contributed by atoms with van der Waals surface area (Å²) in [7, 11) is 0. The van der Waals surface area contributed by atoms with E-state index in [4.69, 9.17) is 0 Å². The molecule has 0 fully saturated rings. The maximum absolute atomic E-state index is 12.5. The van der Waals surface area contributed by atoms with Crippen molar-refractivity contribution >= 4 is 11.6 Å². The monoisotopic (exact) mass is 291 g/mol. The van der Waals surface area contributed by atoms with Gasteiger partial charge in [0, 0.05) is 17.2 Å². The number of hydrogen-bond acceptors (Lipinski definition) is 1. The number of carbonyl (C=O) groups is 1. The molecule has 0 aromatic heterocycles. The minimum absolute atomic E-state index is 0.0367. The van der Waals surface area contributed by atoms with Crippen molar-refractivity contribution in [3.05, 3.63) is 77.4 Å². The van der Waals surface area contributed by atoms with Crippen molar-refractivity contribution in [3.8, 4) is 0 Å². The van der Waals surface area contributed by atoms with Crippen molar-refractivity contribution in [2.45, 2.75) is 32.1 Å². The van der Waals surface area contributed by atoms with Crippen LogP contribution in [0.25, 0.3) is 0 Å². The smallest absolute Gasteiger partial charge is 0.255 e. The first-order valence-corrected chi connectivity index (χ1v) is 7.88. The molecule has 0 aliphatic heterocycles. The van der Waals surface area contributed by atoms with Crippen LogP contribution >= 0.6 is 0 Å². The number of hydrogen-bond donors (Lipinski definition) is 1. The maximum Gasteiger partial charge on any atom is 0.255 e. The van der Waals surface area contributed by atoms with Crippen molar-refractivity contribution in [3.63, 3.8) is 0 Å². The molecule has 0 heterocycles. The minimum Gasteiger partial charge on any atom is -0.322 e. The predicted molar refractivity (Wildman–Crippen MR) is 91.3 cm³/mol. The first-order chi connectivity index (χ1) is 10.8. The molecule has 1 amide bonds. The average Bonchev–Trinajstić information content (AvgIpc) is 2.56. The fraction of sp³-hybridized carbons (Fsp3) is 0.250. The molecule has 1 atom stereocenters. The van der Waals surface area contributed by atoms with Crippen LogP contribution in [-0.4, -0.2) is 5.91 Å². The van der Waals surface area contributed by atoms with Crippen LogP contribution in [0.3, 0.4) is 0 Å². The number of benzene rings is 2. The van der Waals surface area contributed by atoms with E-state index in [1.165, 1.54) is 12.0 Å². The van der Waals surface area contributed by atoms with E-state index in [-0.39, 0.29) is 5.91 Å². The largest absolute Gasteiger partial charge is 0.322 e. The van der Waals surface area contributed by atoms with E-state index in [0.29, 0.717) is 5.92 Å². The number of allylic oxidation sites excluding steroid dienone is 2. The number of amides is 1. The second kappa shape index (κ2) is 6.61. The summed E-state index contributed by atoms with van der Waals surface area (Å²) in [4.78, 5) is 12.5. The Bertz CT molecular complexity index is 702. The Balaban J connectivity index is 1.86. The summed E-state index contributed by atoms with van der Waals surface area (Å²) in [5, 5.41) is 3.09. The molecule has 22 heavy (non-hydrogen) atoms. The molecule has 1 aliphatic rings. The van der Waals surface area contributed by atoms with E-state index in [1.807, 2.05) is 49.4 Å². The number of aryl methyl sites for hydroxylation is 1. The van der Waals surface area contributed by atoms with Crippen LogP contribution in [0, 0.1) is 6.92 Å². The lowest BCUT2D eigenvalue weighted by molar-refractivity contribution is 0.102. The Morgan fingerprint density at radius 2 is 1.86 bits per heavy atom. The van der Waals surface area contributed by atoms with Crippen molar-refractivity contribution in [1.29, 1.82) is 0 Å². The summed E-state index contributed by atoms with van der Waals surface area (Å²) in [6.07, 6.45) is 8.03. The number of anilines is 1. The molecule has 1 aliphatic carbocycles. The second-order valence-corrected chi connectivity index (χ2v) is 5.82. The minimum atomic E-state index is -0.0367. The zero-order chi connectivity index (χ0) is 15.4. The maximum atomic E-state index is 12.5. The third kappa shape index (κ3) is 3.11. The Kier molecular flexibility index (Phi) is 4.38. The first kappa shape index (κ1) is 14.6. The standard InChI is InChI=1S/C20H21NO/c1-15-9-5-6-12-17(15)20(22)21-19-14-8-7-13-18(19)16-10-3-2-4-11-16/h3,5-10,12-14,16H,2,4,11H2,1H3,(H,21,22). The highest BCUT2D eigenvalue weighted by Crippen LogP contribution is 2.32. The van der Waals surface area contributed by atoms with Gasteiger partial charge in [-0.3, -0.25) is 4.79 Å². The lowest BCUT2D eigenvalue weighted by Crippen LogP contribution is -2.15. The molecule has 1 N–H and O–H groups in total. The molecular formula is C20H21NO. The fourth-order valence-electron chi connectivity index (χ4n) is 3.02. The summed E-state index contributed by atoms with van der Waals surface area (Å²) in [5.74, 6) is 0.368. The topological polar surface area (TPSA) is 29.1 Å². The molecule has 0 saturated carbocycles. The molecule has 0 bridgehead atoms. The Hall–Kier alpha value is -2.35. The summed E-state index contributed by atoms with van der Waals surface area (Å²) in [6.45, 7) is 1.96. The van der Waals surface area contributed by atoms with Gasteiger partial charge in [-0.2, -0.15) is 0 Å². The number of para-hydroxylation sites is 1. The van der Waals surface area contributed by atoms with Crippen molar-refractivity contribution in [2.75, 3.05) is 5.32 Å². The van der Waals surface area contributed by atoms with Gasteiger partial charge in [0.15, 0.2) is 0 Å². The highest BCUT2D eigenvalue weighted by atomic mass is 16.1. The zero-order valence-corrected chi connectivity index (χ0v) is 12.9. The number of rotatable bonds is 3. The van der Waals surface area contributed by atoms with Crippen LogP contribution in [0.5, 0.6) is 0 Å². The van der Waals surface area contributed by atoms with Crippen molar-refractivity contribution < 1.29 is 4.79 Å². The predicted octanol–water partition coefficient (Wildman–Crippen LogP) is 5.07. The highest BCUT2D eigenvalue weighted by molar-refractivity contribution is 6.05. The van der Waals surface area contributed by atoms with E-state index >= 15 is 0 Å². The van der Waals surface area contributed by atoms with E-state index in [1.54, 1.807) is 0 Å². The van der Waals surface area contributed by atoms with Crippen molar-refractivity contribution in [1.82, 2.24) is 0 Å². The van der Waals surface area contributed by atoms with Crippen LogP contribution in [0.2, 0.25) is 0 Å². The highest BCUT2D eigenvalue weighted by Gasteiger charge is 2.16. The molecule has 3 rings (SSSR count). The summed E-state index contributed by atoms with van der Waals surface area (Å²) < 4.78 is 0. The van der Waals surface area contributed by atoms with Gasteiger partial charge < -0.3 is 5.32 Å². The molecule has 0 radical (unpaired) electrons. The molecule has 2 aromatic rings. The Labute approximate surface area is 131 Å². The molecule has 2 aromatic carbocycles. The van der Waals surface area contributed by atoms with Crippen LogP contribution < -0.4 is 5.32 Å². The van der Waals surface area contributed by atoms with Gasteiger partial charge in [0.2, 0.25) is 0 Å². The number of carbonyl (C=O) groups excluding carboxylic acids is 1. The SMILES string of the molecule is Cc1ccccc1C(=O)Nc1ccccc1C1C=CCCC1. The van der Waals surface area contributed by atoms with E-state index in [0.717, 1.165) is 29.7 Å². The zero-order valence-electron chi connectivity index (χ0n) is 12.9. The van der Waals surface area contributed by atoms with Crippen molar-refractivity contribution in [2.24, 2.45) is 0 Å². The molecular weight excluding hydrogens is 270 g/mol. The van der Waals surface area contributed by atoms with Gasteiger partial charge in [-0.15, -0.1) is 0 Å². The molecule has 2 nitrogen and oxygen atoms in total. The molecule has 0 saturated heterocycles. The van der Waals surface area contributed by atoms with Gasteiger partial charge in [0.1, 0.15) is 0 Å². The van der Waals surface area contributed by atoms with Gasteiger partial charge in [-0.1, -0.05) is 48.6 Å². The van der Waals surface area contributed by atoms with E-state index < -0.39 is 0 Å². The molecule has 0 spiro atoms. The van der Waals surface area contributed by atoms with E-state index in [2.05, 4.69) is 23.5 Å². The first-order valence-electron chi connectivity index (χ1n) is 7.88. The summed E-state index contributed by atoms with van der Waals surface area (Å²) >= 11 is 0. The summed E-state index contributed by atoms with van der Waals surface area (Å²) in [6, 6.07) is 15.8. The van der Waals surface area contributed by atoms with Crippen LogP contribution in [-0.2, 0) is 0 Å². The fourth-order valence-corrected chi connectivity index (χ4v) is 3.02. The van der Waals surface area contributed by atoms with Gasteiger partial charge in [0.25, 0.3) is 5.91 Å². The van der Waals surface area contributed by atoms with Gasteiger partial charge in [-0.05, 0) is 49.4 Å². The third-order valence-corrected chi connectivity index (χ3v) is 4.25. The van der Waals surface area contributed by atoms with E-state index in [9.17, 15) is 4.79 Å². The molecule has 2 heteroatoms. The van der Waals surface area contributed by atoms with Gasteiger partial charge in [-0.25, -0.2) is 0 Å². The quantitative estimate of drug-likeness (QED) is 0.786. The Morgan fingerprint density at radius 3 is 2.64 bits per heavy atom. The number of nitrogens with one attached hydrogen (secondary N) is 1. The van der Waals surface area contributed by atoms with Crippen LogP contribution in [0.1, 0.15) is 46.7 Å². The lowest BCUT2D eigenvalue weighted by atomic mass is 9.88. The Morgan fingerprint density at radius 1 is 1.09 bits per heavy atom. The summed E-state index contributed by atoms with van der Waals surface area (Å²) in [5.41, 5.74) is 3.86. The second-order valence-electron chi connectivity index (χ2n) is 5.82.